The molecule has 0 aromatic heterocycles. The number of aliphatic hydroxyl groups excluding tert-OH is 1. The highest BCUT2D eigenvalue weighted by Gasteiger charge is 2.44. The number of rotatable bonds is 5. The molecular weight excluding hydrogens is 471 g/mol. The first-order valence-corrected chi connectivity index (χ1v) is 12.2. The molecule has 1 saturated carbocycles. The van der Waals surface area contributed by atoms with Crippen LogP contribution in [0.3, 0.4) is 0 Å². The number of nitrogens with zero attached hydrogens (tertiary/aromatic N) is 4. The Labute approximate surface area is 211 Å². The van der Waals surface area contributed by atoms with Crippen LogP contribution in [0.5, 0.6) is 0 Å². The molecule has 2 aliphatic heterocycles. The van der Waals surface area contributed by atoms with E-state index in [0.29, 0.717) is 24.9 Å². The predicted octanol–water partition coefficient (Wildman–Crippen LogP) is 0.504. The van der Waals surface area contributed by atoms with Gasteiger partial charge in [-0.25, -0.2) is 4.39 Å². The molecule has 4 atom stereocenters. The van der Waals surface area contributed by atoms with Crippen LogP contribution in [0.1, 0.15) is 18.4 Å². The summed E-state index contributed by atoms with van der Waals surface area (Å²) in [6.07, 6.45) is 1.51. The summed E-state index contributed by atoms with van der Waals surface area (Å²) in [6.45, 7) is 6.22. The van der Waals surface area contributed by atoms with Crippen molar-refractivity contribution in [1.82, 2.24) is 19.6 Å². The van der Waals surface area contributed by atoms with Crippen LogP contribution in [-0.2, 0) is 20.9 Å². The normalized spacial score (nSPS) is 26.2. The van der Waals surface area contributed by atoms with Gasteiger partial charge in [-0.1, -0.05) is 12.1 Å². The van der Waals surface area contributed by atoms with Gasteiger partial charge in [-0.3, -0.25) is 24.2 Å². The fraction of sp³-hybridized carbons (Fsp3) is 0.640. The fourth-order valence-corrected chi connectivity index (χ4v) is 5.45. The first-order valence-electron chi connectivity index (χ1n) is 12.2. The lowest BCUT2D eigenvalue weighted by Gasteiger charge is -2.44. The SMILES string of the molecule is CN1CCN([C@@H]2C[C@@H]3CN(C(=O)CN(C)Cc4ccc(F)cc4)C[C@@H]3C[C@H]2O)CC1.O=CO.O=CO. The molecule has 0 spiro atoms. The first kappa shape index (κ1) is 29.6. The van der Waals surface area contributed by atoms with Crippen molar-refractivity contribution in [1.29, 1.82) is 0 Å². The predicted molar refractivity (Wildman–Crippen MR) is 132 cm³/mol. The zero-order chi connectivity index (χ0) is 26.7. The van der Waals surface area contributed by atoms with Gasteiger partial charge in [0.1, 0.15) is 5.82 Å². The molecule has 202 valence electrons. The van der Waals surface area contributed by atoms with Gasteiger partial charge < -0.3 is 25.1 Å². The molecule has 0 bridgehead atoms. The van der Waals surface area contributed by atoms with Gasteiger partial charge in [-0.05, 0) is 56.5 Å². The molecule has 1 aromatic rings. The van der Waals surface area contributed by atoms with Gasteiger partial charge >= 0.3 is 0 Å². The van der Waals surface area contributed by atoms with Crippen molar-refractivity contribution in [3.05, 3.63) is 35.6 Å². The third-order valence-corrected chi connectivity index (χ3v) is 7.24. The van der Waals surface area contributed by atoms with Gasteiger partial charge in [0.05, 0.1) is 12.6 Å². The summed E-state index contributed by atoms with van der Waals surface area (Å²) in [4.78, 5) is 38.4. The van der Waals surface area contributed by atoms with Crippen LogP contribution in [0.15, 0.2) is 24.3 Å². The second kappa shape index (κ2) is 14.8. The van der Waals surface area contributed by atoms with Crippen molar-refractivity contribution < 1.29 is 34.1 Å². The zero-order valence-electron chi connectivity index (χ0n) is 21.1. The van der Waals surface area contributed by atoms with E-state index in [9.17, 15) is 14.3 Å². The average molecular weight is 511 g/mol. The van der Waals surface area contributed by atoms with Crippen LogP contribution in [0.25, 0.3) is 0 Å². The van der Waals surface area contributed by atoms with Crippen LogP contribution < -0.4 is 0 Å². The minimum atomic E-state index is -0.286. The number of amides is 1. The highest BCUT2D eigenvalue weighted by atomic mass is 19.1. The fourth-order valence-electron chi connectivity index (χ4n) is 5.45. The molecule has 11 heteroatoms. The Hall–Kier alpha value is -2.60. The second-order valence-electron chi connectivity index (χ2n) is 9.77. The molecule has 2 heterocycles. The number of piperazine rings is 1. The lowest BCUT2D eigenvalue weighted by molar-refractivity contribution is -0.131. The van der Waals surface area contributed by atoms with Crippen molar-refractivity contribution in [2.24, 2.45) is 11.8 Å². The summed E-state index contributed by atoms with van der Waals surface area (Å²) >= 11 is 0. The molecule has 1 aromatic carbocycles. The van der Waals surface area contributed by atoms with E-state index in [1.807, 2.05) is 16.8 Å². The van der Waals surface area contributed by atoms with Crippen LogP contribution in [0, 0.1) is 17.7 Å². The van der Waals surface area contributed by atoms with Gasteiger partial charge in [0.15, 0.2) is 0 Å². The minimum absolute atomic E-state index is 0.152. The summed E-state index contributed by atoms with van der Waals surface area (Å²) in [6, 6.07) is 6.67. The Morgan fingerprint density at radius 1 is 1.03 bits per heavy atom. The van der Waals surface area contributed by atoms with E-state index in [4.69, 9.17) is 19.8 Å². The number of hydrogen-bond donors (Lipinski definition) is 3. The lowest BCUT2D eigenvalue weighted by atomic mass is 9.77. The number of fused-ring (bicyclic) bond motifs is 1. The molecule has 10 nitrogen and oxygen atoms in total. The third-order valence-electron chi connectivity index (χ3n) is 7.24. The zero-order valence-corrected chi connectivity index (χ0v) is 21.1. The highest BCUT2D eigenvalue weighted by molar-refractivity contribution is 5.78. The van der Waals surface area contributed by atoms with Crippen molar-refractivity contribution in [2.75, 3.05) is 59.9 Å². The second-order valence-corrected chi connectivity index (χ2v) is 9.77. The number of aliphatic hydroxyl groups is 1. The van der Waals surface area contributed by atoms with Gasteiger partial charge in [0.2, 0.25) is 5.91 Å². The smallest absolute Gasteiger partial charge is 0.290 e. The van der Waals surface area contributed by atoms with Crippen LogP contribution in [0.4, 0.5) is 4.39 Å². The standard InChI is InChI=1S/C23H35FN4O2.2CH2O2/c1-25-7-9-27(10-8-25)21-11-18-14-28(15-19(18)12-22(21)29)23(30)16-26(2)13-17-3-5-20(24)6-4-17;2*2-1-3/h3-6,18-19,21-22,29H,7-16H2,1-2H3;2*1H,(H,2,3)/t18-,19+,21-,22-;;/m1../s1. The quantitative estimate of drug-likeness (QED) is 0.486. The largest absolute Gasteiger partial charge is 0.483 e. The maximum atomic E-state index is 13.1. The third kappa shape index (κ3) is 8.81. The van der Waals surface area contributed by atoms with Crippen molar-refractivity contribution in [3.8, 4) is 0 Å². The van der Waals surface area contributed by atoms with E-state index in [-0.39, 0.29) is 36.8 Å². The number of likely N-dealkylation sites (N-methyl/N-ethyl adjacent to an activating group) is 2. The number of carbonyl (C=O) groups excluding carboxylic acids is 1. The Morgan fingerprint density at radius 2 is 1.56 bits per heavy atom. The average Bonchev–Trinajstić information content (AvgIpc) is 3.25. The van der Waals surface area contributed by atoms with Gasteiger partial charge in [0.25, 0.3) is 12.9 Å². The first-order chi connectivity index (χ1) is 17.2. The van der Waals surface area contributed by atoms with Crippen molar-refractivity contribution in [2.45, 2.75) is 31.5 Å². The topological polar surface area (TPSA) is 125 Å². The van der Waals surface area contributed by atoms with Crippen LogP contribution >= 0.6 is 0 Å². The molecule has 0 radical (unpaired) electrons. The summed E-state index contributed by atoms with van der Waals surface area (Å²) in [5, 5.41) is 24.6. The molecular formula is C25H39FN4O6. The maximum absolute atomic E-state index is 13.1. The number of halogens is 1. The highest BCUT2D eigenvalue weighted by Crippen LogP contribution is 2.38. The Bertz CT molecular complexity index is 815. The van der Waals surface area contributed by atoms with E-state index in [0.717, 1.165) is 57.7 Å². The van der Waals surface area contributed by atoms with E-state index in [1.165, 1.54) is 12.1 Å². The van der Waals surface area contributed by atoms with Crippen molar-refractivity contribution in [3.63, 3.8) is 0 Å². The molecule has 3 aliphatic rings. The van der Waals surface area contributed by atoms with Gasteiger partial charge in [-0.15, -0.1) is 0 Å². The van der Waals surface area contributed by atoms with Gasteiger partial charge in [-0.2, -0.15) is 0 Å². The summed E-state index contributed by atoms with van der Waals surface area (Å²) in [7, 11) is 4.08. The number of benzene rings is 1. The van der Waals surface area contributed by atoms with E-state index >= 15 is 0 Å². The molecule has 2 saturated heterocycles. The number of carboxylic acid groups (broad SMARTS) is 2. The maximum Gasteiger partial charge on any atom is 0.290 e. The molecule has 4 rings (SSSR count). The van der Waals surface area contributed by atoms with Crippen LogP contribution in [0.2, 0.25) is 0 Å². The van der Waals surface area contributed by atoms with E-state index in [2.05, 4.69) is 16.8 Å². The summed E-state index contributed by atoms with van der Waals surface area (Å²) in [5.74, 6) is 0.813. The van der Waals surface area contributed by atoms with E-state index < -0.39 is 0 Å². The van der Waals surface area contributed by atoms with Gasteiger partial charge in [0, 0.05) is 51.9 Å². The molecule has 1 amide bonds. The number of likely N-dealkylation sites (tertiary alicyclic amines) is 1. The Balaban J connectivity index is 0.000000693. The summed E-state index contributed by atoms with van der Waals surface area (Å²) in [5.41, 5.74) is 1.000. The number of carbonyl (C=O) groups is 3. The van der Waals surface area contributed by atoms with Crippen molar-refractivity contribution >= 4 is 18.9 Å². The molecule has 3 N–H and O–H groups in total. The monoisotopic (exact) mass is 510 g/mol. The Kier molecular flexibility index (Phi) is 12.2. The minimum Gasteiger partial charge on any atom is -0.483 e. The lowest BCUT2D eigenvalue weighted by Crippen LogP contribution is -2.55. The van der Waals surface area contributed by atoms with E-state index in [1.54, 1.807) is 12.1 Å². The molecule has 0 unspecified atom stereocenters. The molecule has 36 heavy (non-hydrogen) atoms. The number of hydrogen-bond acceptors (Lipinski definition) is 7. The summed E-state index contributed by atoms with van der Waals surface area (Å²) < 4.78 is 13.1. The molecule has 1 aliphatic carbocycles. The molecule has 3 fully saturated rings. The Morgan fingerprint density at radius 3 is 2.11 bits per heavy atom. The van der Waals surface area contributed by atoms with Crippen LogP contribution in [-0.4, -0.2) is 126 Å².